The Balaban J connectivity index is 1.55. The van der Waals surface area contributed by atoms with E-state index >= 15 is 0 Å². The number of rotatable bonds is 4. The van der Waals surface area contributed by atoms with Gasteiger partial charge < -0.3 is 0 Å². The average molecular weight is 383 g/mol. The highest BCUT2D eigenvalue weighted by Crippen LogP contribution is 2.24. The molecule has 0 spiro atoms. The molecule has 0 bridgehead atoms. The second-order valence-electron chi connectivity index (χ2n) is 5.21. The van der Waals surface area contributed by atoms with Gasteiger partial charge in [-0.25, -0.2) is 9.97 Å². The minimum absolute atomic E-state index is 0.302. The fourth-order valence-electron chi connectivity index (χ4n) is 2.31. The first-order chi connectivity index (χ1) is 12.7. The Morgan fingerprint density at radius 1 is 1.08 bits per heavy atom. The van der Waals surface area contributed by atoms with Gasteiger partial charge in [-0.2, -0.15) is 0 Å². The van der Waals surface area contributed by atoms with Crippen molar-refractivity contribution in [2.75, 3.05) is 5.32 Å². The van der Waals surface area contributed by atoms with Gasteiger partial charge in [-0.15, -0.1) is 11.3 Å². The van der Waals surface area contributed by atoms with E-state index in [1.165, 1.54) is 17.5 Å². The molecule has 4 heterocycles. The van der Waals surface area contributed by atoms with Crippen molar-refractivity contribution in [1.29, 1.82) is 0 Å². The van der Waals surface area contributed by atoms with Crippen molar-refractivity contribution < 1.29 is 4.79 Å². The highest BCUT2D eigenvalue weighted by molar-refractivity contribution is 7.14. The third kappa shape index (κ3) is 3.32. The van der Waals surface area contributed by atoms with Gasteiger partial charge in [0.1, 0.15) is 11.4 Å². The lowest BCUT2D eigenvalue weighted by Gasteiger charge is -2.07. The number of aromatic nitrogens is 5. The van der Waals surface area contributed by atoms with Crippen molar-refractivity contribution in [2.24, 2.45) is 0 Å². The monoisotopic (exact) mass is 382 g/mol. The molecule has 0 aromatic carbocycles. The Hall–Kier alpha value is -3.10. The number of nitrogens with zero attached hydrogens (tertiary/aromatic N) is 5. The first kappa shape index (κ1) is 16.4. The zero-order valence-electron chi connectivity index (χ0n) is 13.2. The number of carbonyl (C=O) groups excluding carboxylic acids is 1. The van der Waals surface area contributed by atoms with Crippen LogP contribution >= 0.6 is 22.9 Å². The molecule has 4 aromatic heterocycles. The molecule has 0 aliphatic rings. The zero-order chi connectivity index (χ0) is 17.9. The molecule has 0 atom stereocenters. The normalized spacial score (nSPS) is 10.7. The molecule has 0 radical (unpaired) electrons. The van der Waals surface area contributed by atoms with Gasteiger partial charge in [0.15, 0.2) is 5.13 Å². The summed E-state index contributed by atoms with van der Waals surface area (Å²) in [5.74, 6) is -0.302. The topological polar surface area (TPSA) is 85.6 Å². The van der Waals surface area contributed by atoms with Gasteiger partial charge in [0, 0.05) is 24.0 Å². The number of carbonyl (C=O) groups is 1. The van der Waals surface area contributed by atoms with Gasteiger partial charge in [-0.3, -0.25) is 24.6 Å². The van der Waals surface area contributed by atoms with Gasteiger partial charge in [-0.05, 0) is 24.3 Å². The highest BCUT2D eigenvalue weighted by atomic mass is 35.5. The number of nitrogens with one attached hydrogen (secondary N) is 1. The van der Waals surface area contributed by atoms with Crippen LogP contribution in [-0.2, 0) is 0 Å². The van der Waals surface area contributed by atoms with Crippen LogP contribution in [0.3, 0.4) is 0 Å². The predicted octanol–water partition coefficient (Wildman–Crippen LogP) is 3.69. The van der Waals surface area contributed by atoms with E-state index in [1.807, 2.05) is 5.38 Å². The lowest BCUT2D eigenvalue weighted by Crippen LogP contribution is -2.16. The van der Waals surface area contributed by atoms with Crippen LogP contribution in [0, 0.1) is 0 Å². The quantitative estimate of drug-likeness (QED) is 0.581. The summed E-state index contributed by atoms with van der Waals surface area (Å²) >= 11 is 7.17. The molecule has 7 nitrogen and oxygen atoms in total. The Morgan fingerprint density at radius 3 is 2.69 bits per heavy atom. The second-order valence-corrected chi connectivity index (χ2v) is 6.50. The van der Waals surface area contributed by atoms with Crippen LogP contribution in [0.25, 0.3) is 17.1 Å². The largest absolute Gasteiger partial charge is 0.296 e. The molecule has 0 aliphatic heterocycles. The van der Waals surface area contributed by atoms with Crippen LogP contribution in [0.1, 0.15) is 10.5 Å². The second kappa shape index (κ2) is 7.03. The van der Waals surface area contributed by atoms with E-state index in [4.69, 9.17) is 11.6 Å². The smallest absolute Gasteiger partial charge is 0.276 e. The van der Waals surface area contributed by atoms with Crippen molar-refractivity contribution in [1.82, 2.24) is 24.5 Å². The van der Waals surface area contributed by atoms with E-state index in [1.54, 1.807) is 53.8 Å². The summed E-state index contributed by atoms with van der Waals surface area (Å²) in [7, 11) is 0. The predicted molar refractivity (Wildman–Crippen MR) is 99.7 cm³/mol. The van der Waals surface area contributed by atoms with Gasteiger partial charge >= 0.3 is 0 Å². The number of amides is 1. The fraction of sp³-hybridized carbons (Fsp3) is 0. The molecule has 1 amide bonds. The van der Waals surface area contributed by atoms with E-state index in [0.717, 1.165) is 5.69 Å². The van der Waals surface area contributed by atoms with Gasteiger partial charge in [-0.1, -0.05) is 11.6 Å². The van der Waals surface area contributed by atoms with E-state index in [-0.39, 0.29) is 5.91 Å². The maximum Gasteiger partial charge on any atom is 0.276 e. The van der Waals surface area contributed by atoms with Crippen molar-refractivity contribution in [3.05, 3.63) is 71.5 Å². The summed E-state index contributed by atoms with van der Waals surface area (Å²) < 4.78 is 1.69. The van der Waals surface area contributed by atoms with Crippen LogP contribution in [-0.4, -0.2) is 30.4 Å². The lowest BCUT2D eigenvalue weighted by molar-refractivity contribution is 0.102. The minimum atomic E-state index is -0.302. The number of anilines is 1. The first-order valence-electron chi connectivity index (χ1n) is 7.52. The molecule has 1 N–H and O–H groups in total. The summed E-state index contributed by atoms with van der Waals surface area (Å²) in [5.41, 5.74) is 2.56. The molecule has 4 aromatic rings. The Morgan fingerprint density at radius 2 is 1.92 bits per heavy atom. The Labute approximate surface area is 157 Å². The molecule has 26 heavy (non-hydrogen) atoms. The van der Waals surface area contributed by atoms with Crippen LogP contribution in [0.5, 0.6) is 0 Å². The number of halogens is 1. The number of pyridine rings is 2. The lowest BCUT2D eigenvalue weighted by atomic mass is 10.3. The van der Waals surface area contributed by atoms with Crippen LogP contribution in [0.2, 0.25) is 5.02 Å². The maximum atomic E-state index is 12.6. The van der Waals surface area contributed by atoms with E-state index in [2.05, 4.69) is 25.3 Å². The van der Waals surface area contributed by atoms with Gasteiger partial charge in [0.05, 0.1) is 28.9 Å². The van der Waals surface area contributed by atoms with Crippen molar-refractivity contribution in [2.45, 2.75) is 0 Å². The van der Waals surface area contributed by atoms with Crippen LogP contribution in [0.15, 0.2) is 60.8 Å². The maximum absolute atomic E-state index is 12.6. The Kier molecular flexibility index (Phi) is 4.42. The molecule has 0 unspecified atom stereocenters. The molecule has 9 heteroatoms. The molecular weight excluding hydrogens is 372 g/mol. The molecule has 0 aliphatic carbocycles. The van der Waals surface area contributed by atoms with Gasteiger partial charge in [0.2, 0.25) is 0 Å². The molecule has 4 rings (SSSR count). The summed E-state index contributed by atoms with van der Waals surface area (Å²) in [6, 6.07) is 7.12. The van der Waals surface area contributed by atoms with E-state index in [0.29, 0.717) is 27.2 Å². The average Bonchev–Trinajstić information content (AvgIpc) is 3.32. The summed E-state index contributed by atoms with van der Waals surface area (Å²) in [4.78, 5) is 29.3. The summed E-state index contributed by atoms with van der Waals surface area (Å²) in [6.45, 7) is 0. The van der Waals surface area contributed by atoms with Crippen molar-refractivity contribution in [3.8, 4) is 17.1 Å². The molecule has 128 valence electrons. The van der Waals surface area contributed by atoms with Crippen LogP contribution in [0.4, 0.5) is 5.13 Å². The van der Waals surface area contributed by atoms with Crippen LogP contribution < -0.4 is 5.32 Å². The minimum Gasteiger partial charge on any atom is -0.296 e. The SMILES string of the molecule is O=C(Nc1nc(-c2ccc(Cl)cn2)cs1)c1cncn1-c1ccncc1. The fourth-order valence-corrected chi connectivity index (χ4v) is 3.12. The molecular formula is C17H11ClN6OS. The number of imidazole rings is 1. The third-order valence-electron chi connectivity index (χ3n) is 3.53. The van der Waals surface area contributed by atoms with Crippen molar-refractivity contribution in [3.63, 3.8) is 0 Å². The third-order valence-corrected chi connectivity index (χ3v) is 4.51. The van der Waals surface area contributed by atoms with E-state index in [9.17, 15) is 4.79 Å². The molecule has 0 saturated heterocycles. The zero-order valence-corrected chi connectivity index (χ0v) is 14.8. The number of thiazole rings is 1. The first-order valence-corrected chi connectivity index (χ1v) is 8.78. The summed E-state index contributed by atoms with van der Waals surface area (Å²) in [5, 5.41) is 5.65. The number of hydrogen-bond acceptors (Lipinski definition) is 6. The molecule has 0 saturated carbocycles. The summed E-state index contributed by atoms with van der Waals surface area (Å²) in [6.07, 6.45) is 7.95. The number of hydrogen-bond donors (Lipinski definition) is 1. The highest BCUT2D eigenvalue weighted by Gasteiger charge is 2.15. The standard InChI is InChI=1S/C17H11ClN6OS/c18-11-1-2-13(21-7-11)14-9-26-17(22-14)23-16(25)15-8-20-10-24(15)12-3-5-19-6-4-12/h1-10H,(H,22,23,25). The Bertz CT molecular complexity index is 1040. The molecule has 0 fully saturated rings. The van der Waals surface area contributed by atoms with E-state index < -0.39 is 0 Å². The van der Waals surface area contributed by atoms with Gasteiger partial charge in [0.25, 0.3) is 5.91 Å². The van der Waals surface area contributed by atoms with Crippen molar-refractivity contribution >= 4 is 34.0 Å².